The van der Waals surface area contributed by atoms with Crippen LogP contribution in [0, 0.1) is 11.3 Å². The maximum atomic E-state index is 12.3. The third-order valence-corrected chi connectivity index (χ3v) is 3.26. The molecule has 1 aliphatic rings. The average Bonchev–Trinajstić information content (AvgIpc) is 3.24. The maximum Gasteiger partial charge on any atom is 0.227 e. The minimum atomic E-state index is 0.103. The molecule has 1 aromatic rings. The molecule has 0 spiro atoms. The highest BCUT2D eigenvalue weighted by molar-refractivity contribution is 5.79. The van der Waals surface area contributed by atoms with Crippen LogP contribution in [0.5, 0.6) is 5.75 Å². The first-order valence-electron chi connectivity index (χ1n) is 6.54. The Morgan fingerprint density at radius 1 is 1.53 bits per heavy atom. The second-order valence-electron chi connectivity index (χ2n) is 4.75. The smallest absolute Gasteiger partial charge is 0.227 e. The standard InChI is InChI=1S/C15H18N2O2/c1-19-14-5-2-4-12(10-14)11-15(18)17(9-3-8-16)13-6-7-13/h2,4-5,10,13H,3,6-7,9,11H2,1H3. The molecule has 2 rings (SSSR count). The summed E-state index contributed by atoms with van der Waals surface area (Å²) in [4.78, 5) is 14.1. The minimum Gasteiger partial charge on any atom is -0.497 e. The van der Waals surface area contributed by atoms with Crippen LogP contribution >= 0.6 is 0 Å². The molecule has 0 aliphatic heterocycles. The largest absolute Gasteiger partial charge is 0.497 e. The summed E-state index contributed by atoms with van der Waals surface area (Å²) in [7, 11) is 1.62. The first-order valence-corrected chi connectivity index (χ1v) is 6.54. The number of methoxy groups -OCH3 is 1. The van der Waals surface area contributed by atoms with Gasteiger partial charge in [0.15, 0.2) is 0 Å². The van der Waals surface area contributed by atoms with Crippen LogP contribution in [0.3, 0.4) is 0 Å². The van der Waals surface area contributed by atoms with E-state index in [-0.39, 0.29) is 5.91 Å². The molecule has 0 N–H and O–H groups in total. The Kier molecular flexibility index (Phi) is 4.40. The second kappa shape index (κ2) is 6.24. The fourth-order valence-electron chi connectivity index (χ4n) is 2.13. The summed E-state index contributed by atoms with van der Waals surface area (Å²) in [6.45, 7) is 0.546. The molecule has 1 aromatic carbocycles. The van der Waals surface area contributed by atoms with Gasteiger partial charge in [-0.05, 0) is 30.5 Å². The fourth-order valence-corrected chi connectivity index (χ4v) is 2.13. The van der Waals surface area contributed by atoms with E-state index in [1.165, 1.54) is 0 Å². The number of hydrogen-bond donors (Lipinski definition) is 0. The zero-order chi connectivity index (χ0) is 13.7. The maximum absolute atomic E-state index is 12.3. The van der Waals surface area contributed by atoms with Crippen molar-refractivity contribution in [3.63, 3.8) is 0 Å². The van der Waals surface area contributed by atoms with Crippen molar-refractivity contribution in [1.82, 2.24) is 4.90 Å². The molecule has 1 fully saturated rings. The summed E-state index contributed by atoms with van der Waals surface area (Å²) in [6, 6.07) is 10.0. The monoisotopic (exact) mass is 258 g/mol. The first-order chi connectivity index (χ1) is 9.24. The molecule has 0 saturated heterocycles. The van der Waals surface area contributed by atoms with Gasteiger partial charge in [0.05, 0.1) is 26.0 Å². The van der Waals surface area contributed by atoms with Crippen molar-refractivity contribution in [2.24, 2.45) is 0 Å². The number of ether oxygens (including phenoxy) is 1. The minimum absolute atomic E-state index is 0.103. The van der Waals surface area contributed by atoms with Crippen molar-refractivity contribution in [2.45, 2.75) is 31.7 Å². The molecule has 0 atom stereocenters. The molecule has 1 saturated carbocycles. The van der Waals surface area contributed by atoms with Crippen LogP contribution in [-0.2, 0) is 11.2 Å². The number of nitriles is 1. The Morgan fingerprint density at radius 3 is 2.95 bits per heavy atom. The number of carbonyl (C=O) groups excluding carboxylic acids is 1. The van der Waals surface area contributed by atoms with Crippen LogP contribution in [0.4, 0.5) is 0 Å². The van der Waals surface area contributed by atoms with E-state index in [0.29, 0.717) is 25.4 Å². The zero-order valence-corrected chi connectivity index (χ0v) is 11.1. The Bertz CT molecular complexity index is 489. The quantitative estimate of drug-likeness (QED) is 0.785. The Morgan fingerprint density at radius 2 is 2.32 bits per heavy atom. The van der Waals surface area contributed by atoms with Gasteiger partial charge in [-0.15, -0.1) is 0 Å². The first kappa shape index (κ1) is 13.4. The van der Waals surface area contributed by atoms with E-state index >= 15 is 0 Å². The van der Waals surface area contributed by atoms with Gasteiger partial charge in [0.1, 0.15) is 5.75 Å². The van der Waals surface area contributed by atoms with Gasteiger partial charge in [-0.2, -0.15) is 5.26 Å². The van der Waals surface area contributed by atoms with E-state index in [4.69, 9.17) is 10.00 Å². The topological polar surface area (TPSA) is 53.3 Å². The lowest BCUT2D eigenvalue weighted by atomic mass is 10.1. The molecule has 0 unspecified atom stereocenters. The van der Waals surface area contributed by atoms with E-state index in [1.807, 2.05) is 29.2 Å². The van der Waals surface area contributed by atoms with E-state index < -0.39 is 0 Å². The highest BCUT2D eigenvalue weighted by Crippen LogP contribution is 2.27. The lowest BCUT2D eigenvalue weighted by molar-refractivity contribution is -0.131. The summed E-state index contributed by atoms with van der Waals surface area (Å²) < 4.78 is 5.15. The van der Waals surface area contributed by atoms with Gasteiger partial charge < -0.3 is 9.64 Å². The van der Waals surface area contributed by atoms with Gasteiger partial charge in [-0.3, -0.25) is 4.79 Å². The van der Waals surface area contributed by atoms with Gasteiger partial charge in [0.25, 0.3) is 0 Å². The third kappa shape index (κ3) is 3.72. The summed E-state index contributed by atoms with van der Waals surface area (Å²) >= 11 is 0. The van der Waals surface area contributed by atoms with Gasteiger partial charge in [-0.1, -0.05) is 12.1 Å². The molecular formula is C15H18N2O2. The lowest BCUT2D eigenvalue weighted by Gasteiger charge is -2.21. The number of amides is 1. The fraction of sp³-hybridized carbons (Fsp3) is 0.467. The van der Waals surface area contributed by atoms with Crippen LogP contribution in [0.2, 0.25) is 0 Å². The van der Waals surface area contributed by atoms with Crippen molar-refractivity contribution in [3.8, 4) is 11.8 Å². The summed E-state index contributed by atoms with van der Waals surface area (Å²) in [5, 5.41) is 8.65. The molecule has 0 radical (unpaired) electrons. The molecule has 4 heteroatoms. The molecular weight excluding hydrogens is 240 g/mol. The zero-order valence-electron chi connectivity index (χ0n) is 11.1. The SMILES string of the molecule is COc1cccc(CC(=O)N(CCC#N)C2CC2)c1. The molecule has 4 nitrogen and oxygen atoms in total. The van der Waals surface area contributed by atoms with E-state index in [2.05, 4.69) is 6.07 Å². The summed E-state index contributed by atoms with van der Waals surface area (Å²) in [5.41, 5.74) is 0.951. The van der Waals surface area contributed by atoms with Crippen LogP contribution < -0.4 is 4.74 Å². The number of benzene rings is 1. The van der Waals surface area contributed by atoms with Crippen LogP contribution in [0.25, 0.3) is 0 Å². The molecule has 1 aliphatic carbocycles. The van der Waals surface area contributed by atoms with Gasteiger partial charge in [0.2, 0.25) is 5.91 Å². The van der Waals surface area contributed by atoms with Crippen molar-refractivity contribution >= 4 is 5.91 Å². The number of nitrogens with zero attached hydrogens (tertiary/aromatic N) is 2. The molecule has 0 heterocycles. The third-order valence-electron chi connectivity index (χ3n) is 3.26. The predicted octanol–water partition coefficient (Wildman–Crippen LogP) is 2.14. The van der Waals surface area contributed by atoms with Gasteiger partial charge >= 0.3 is 0 Å². The van der Waals surface area contributed by atoms with Crippen molar-refractivity contribution in [2.75, 3.05) is 13.7 Å². The lowest BCUT2D eigenvalue weighted by Crippen LogP contribution is -2.35. The molecule has 1 amide bonds. The average molecular weight is 258 g/mol. The summed E-state index contributed by atoms with van der Waals surface area (Å²) in [5.74, 6) is 0.867. The van der Waals surface area contributed by atoms with Crippen molar-refractivity contribution in [3.05, 3.63) is 29.8 Å². The Balaban J connectivity index is 1.99. The van der Waals surface area contributed by atoms with Gasteiger partial charge in [-0.25, -0.2) is 0 Å². The highest BCUT2D eigenvalue weighted by atomic mass is 16.5. The van der Waals surface area contributed by atoms with E-state index in [9.17, 15) is 4.79 Å². The molecule has 0 aromatic heterocycles. The second-order valence-corrected chi connectivity index (χ2v) is 4.75. The van der Waals surface area contributed by atoms with Crippen LogP contribution in [0.15, 0.2) is 24.3 Å². The normalized spacial score (nSPS) is 13.7. The number of hydrogen-bond acceptors (Lipinski definition) is 3. The predicted molar refractivity (Wildman–Crippen MR) is 71.7 cm³/mol. The number of rotatable bonds is 6. The summed E-state index contributed by atoms with van der Waals surface area (Å²) in [6.07, 6.45) is 2.91. The molecule has 0 bridgehead atoms. The molecule has 19 heavy (non-hydrogen) atoms. The number of carbonyl (C=O) groups is 1. The van der Waals surface area contributed by atoms with Crippen LogP contribution in [0.1, 0.15) is 24.8 Å². The van der Waals surface area contributed by atoms with Crippen molar-refractivity contribution < 1.29 is 9.53 Å². The highest BCUT2D eigenvalue weighted by Gasteiger charge is 2.31. The Labute approximate surface area is 113 Å². The van der Waals surface area contributed by atoms with E-state index in [1.54, 1.807) is 7.11 Å². The Hall–Kier alpha value is -2.02. The van der Waals surface area contributed by atoms with Gasteiger partial charge in [0, 0.05) is 12.6 Å². The van der Waals surface area contributed by atoms with Crippen molar-refractivity contribution in [1.29, 1.82) is 5.26 Å². The van der Waals surface area contributed by atoms with E-state index in [0.717, 1.165) is 24.2 Å². The van der Waals surface area contributed by atoms with Crippen LogP contribution in [-0.4, -0.2) is 30.5 Å². The molecule has 100 valence electrons.